The van der Waals surface area contributed by atoms with Crippen LogP contribution < -0.4 is 4.73 Å². The number of piperidine rings is 1. The minimum atomic E-state index is 0.0562. The molecule has 0 radical (unpaired) electrons. The summed E-state index contributed by atoms with van der Waals surface area (Å²) in [5.74, 6) is 0.355. The molecule has 1 saturated heterocycles. The van der Waals surface area contributed by atoms with Gasteiger partial charge in [-0.25, -0.2) is 0 Å². The van der Waals surface area contributed by atoms with Crippen LogP contribution >= 0.6 is 0 Å². The maximum Gasteiger partial charge on any atom is 0.254 e. The number of pyridine rings is 1. The first-order valence-electron chi connectivity index (χ1n) is 8.78. The second kappa shape index (κ2) is 7.66. The number of aromatic nitrogens is 1. The third-order valence-electron chi connectivity index (χ3n) is 4.99. The molecule has 2 heterocycles. The zero-order valence-corrected chi connectivity index (χ0v) is 14.9. The van der Waals surface area contributed by atoms with Crippen molar-refractivity contribution in [2.45, 2.75) is 25.7 Å². The maximum absolute atomic E-state index is 12.6. The summed E-state index contributed by atoms with van der Waals surface area (Å²) in [4.78, 5) is 16.7. The van der Waals surface area contributed by atoms with E-state index < -0.39 is 0 Å². The number of nitrogens with zero attached hydrogens (tertiary/aromatic N) is 3. The Bertz CT molecular complexity index is 739. The minimum Gasteiger partial charge on any atom is -0.618 e. The van der Waals surface area contributed by atoms with Crippen molar-refractivity contribution < 1.29 is 9.52 Å². The highest BCUT2D eigenvalue weighted by molar-refractivity contribution is 5.95. The number of benzene rings is 1. The van der Waals surface area contributed by atoms with Crippen molar-refractivity contribution in [2.75, 3.05) is 26.8 Å². The van der Waals surface area contributed by atoms with E-state index in [2.05, 4.69) is 4.90 Å². The molecule has 2 aromatic rings. The van der Waals surface area contributed by atoms with Crippen molar-refractivity contribution in [2.24, 2.45) is 0 Å². The number of carbonyl (C=O) groups is 1. The SMILES string of the molecule is Cc1ccccc1C(=O)N(C)CN1CCC(c2cccc[n+]2[O-])CC1. The first kappa shape index (κ1) is 17.4. The van der Waals surface area contributed by atoms with Crippen LogP contribution in [0.5, 0.6) is 0 Å². The van der Waals surface area contributed by atoms with E-state index in [0.717, 1.165) is 47.5 Å². The number of aryl methyl sites for hydroxylation is 1. The number of hydrogen-bond acceptors (Lipinski definition) is 3. The standard InChI is InChI=1S/C20H25N3O2/c1-16-7-3-4-8-18(16)20(24)21(2)15-22-13-10-17(11-14-22)19-9-5-6-12-23(19)25/h3-9,12,17H,10-11,13-15H2,1-2H3. The lowest BCUT2D eigenvalue weighted by molar-refractivity contribution is -0.616. The number of carbonyl (C=O) groups excluding carboxylic acids is 1. The summed E-state index contributed by atoms with van der Waals surface area (Å²) < 4.78 is 0.980. The van der Waals surface area contributed by atoms with Crippen molar-refractivity contribution >= 4 is 5.91 Å². The lowest BCUT2D eigenvalue weighted by Crippen LogP contribution is -2.44. The molecule has 5 heteroatoms. The summed E-state index contributed by atoms with van der Waals surface area (Å²) in [5.41, 5.74) is 2.62. The number of likely N-dealkylation sites (tertiary alicyclic amines) is 1. The predicted molar refractivity (Wildman–Crippen MR) is 97.1 cm³/mol. The average Bonchev–Trinajstić information content (AvgIpc) is 2.63. The lowest BCUT2D eigenvalue weighted by atomic mass is 9.93. The highest BCUT2D eigenvalue weighted by atomic mass is 16.5. The van der Waals surface area contributed by atoms with E-state index in [1.165, 1.54) is 0 Å². The lowest BCUT2D eigenvalue weighted by Gasteiger charge is -2.34. The molecule has 25 heavy (non-hydrogen) atoms. The Morgan fingerprint density at radius 3 is 2.56 bits per heavy atom. The van der Waals surface area contributed by atoms with E-state index in [-0.39, 0.29) is 5.91 Å². The fourth-order valence-electron chi connectivity index (χ4n) is 3.51. The second-order valence-electron chi connectivity index (χ2n) is 6.80. The minimum absolute atomic E-state index is 0.0562. The van der Waals surface area contributed by atoms with E-state index in [4.69, 9.17) is 0 Å². The highest BCUT2D eigenvalue weighted by Gasteiger charge is 2.26. The average molecular weight is 339 g/mol. The van der Waals surface area contributed by atoms with Crippen molar-refractivity contribution in [1.29, 1.82) is 0 Å². The molecular formula is C20H25N3O2. The van der Waals surface area contributed by atoms with Crippen LogP contribution in [0.3, 0.4) is 0 Å². The van der Waals surface area contributed by atoms with Gasteiger partial charge >= 0.3 is 0 Å². The van der Waals surface area contributed by atoms with Crippen molar-refractivity contribution in [1.82, 2.24) is 9.80 Å². The first-order chi connectivity index (χ1) is 12.1. The molecule has 1 aromatic heterocycles. The summed E-state index contributed by atoms with van der Waals surface area (Å²) in [5, 5.41) is 11.9. The van der Waals surface area contributed by atoms with E-state index in [9.17, 15) is 10.0 Å². The molecule has 3 rings (SSSR count). The first-order valence-corrected chi connectivity index (χ1v) is 8.78. The van der Waals surface area contributed by atoms with Gasteiger partial charge < -0.3 is 10.1 Å². The van der Waals surface area contributed by atoms with Gasteiger partial charge in [0.1, 0.15) is 0 Å². The molecule has 1 amide bonds. The van der Waals surface area contributed by atoms with Crippen molar-refractivity contribution in [3.8, 4) is 0 Å². The Kier molecular flexibility index (Phi) is 5.34. The summed E-state index contributed by atoms with van der Waals surface area (Å²) in [6.45, 7) is 4.37. The van der Waals surface area contributed by atoms with Gasteiger partial charge in [-0.05, 0) is 31.4 Å². The van der Waals surface area contributed by atoms with E-state index >= 15 is 0 Å². The van der Waals surface area contributed by atoms with Crippen LogP contribution in [-0.2, 0) is 0 Å². The fraction of sp³-hybridized carbons (Fsp3) is 0.400. The number of rotatable bonds is 4. The van der Waals surface area contributed by atoms with Crippen LogP contribution in [0.2, 0.25) is 0 Å². The van der Waals surface area contributed by atoms with Gasteiger partial charge in [-0.1, -0.05) is 24.3 Å². The zero-order valence-electron chi connectivity index (χ0n) is 14.9. The molecule has 1 aromatic carbocycles. The molecule has 0 aliphatic carbocycles. The number of amides is 1. The van der Waals surface area contributed by atoms with Crippen LogP contribution in [0.15, 0.2) is 48.7 Å². The largest absolute Gasteiger partial charge is 0.618 e. The molecule has 0 bridgehead atoms. The Balaban J connectivity index is 1.56. The van der Waals surface area contributed by atoms with Gasteiger partial charge in [0.05, 0.1) is 6.67 Å². The van der Waals surface area contributed by atoms with Crippen LogP contribution in [-0.4, -0.2) is 42.5 Å². The molecule has 1 aliphatic heterocycles. The van der Waals surface area contributed by atoms with E-state index in [1.54, 1.807) is 17.2 Å². The third-order valence-corrected chi connectivity index (χ3v) is 4.99. The van der Waals surface area contributed by atoms with Gasteiger partial charge in [-0.15, -0.1) is 0 Å². The van der Waals surface area contributed by atoms with Crippen LogP contribution in [0, 0.1) is 12.1 Å². The fourth-order valence-corrected chi connectivity index (χ4v) is 3.51. The molecule has 132 valence electrons. The molecular weight excluding hydrogens is 314 g/mol. The Morgan fingerprint density at radius 1 is 1.20 bits per heavy atom. The van der Waals surface area contributed by atoms with Gasteiger partial charge in [0.25, 0.3) is 5.91 Å². The molecule has 1 fully saturated rings. The van der Waals surface area contributed by atoms with Gasteiger partial charge in [0, 0.05) is 43.8 Å². The summed E-state index contributed by atoms with van der Waals surface area (Å²) >= 11 is 0. The Hall–Kier alpha value is -2.40. The second-order valence-corrected chi connectivity index (χ2v) is 6.80. The van der Waals surface area contributed by atoms with E-state index in [1.807, 2.05) is 50.4 Å². The molecule has 1 aliphatic rings. The highest BCUT2D eigenvalue weighted by Crippen LogP contribution is 2.25. The van der Waals surface area contributed by atoms with Gasteiger partial charge in [0.2, 0.25) is 0 Å². The van der Waals surface area contributed by atoms with Gasteiger partial charge in [-0.3, -0.25) is 9.69 Å². The Labute approximate surface area is 149 Å². The normalized spacial score (nSPS) is 15.9. The molecule has 5 nitrogen and oxygen atoms in total. The summed E-state index contributed by atoms with van der Waals surface area (Å²) in [6.07, 6.45) is 3.45. The monoisotopic (exact) mass is 339 g/mol. The molecule has 0 N–H and O–H groups in total. The molecule has 0 spiro atoms. The predicted octanol–water partition coefficient (Wildman–Crippen LogP) is 2.54. The van der Waals surface area contributed by atoms with Crippen LogP contribution in [0.4, 0.5) is 0 Å². The molecule has 0 unspecified atom stereocenters. The van der Waals surface area contributed by atoms with Crippen LogP contribution in [0.25, 0.3) is 0 Å². The maximum atomic E-state index is 12.6. The molecule has 0 atom stereocenters. The van der Waals surface area contributed by atoms with Gasteiger partial charge in [-0.2, -0.15) is 4.73 Å². The molecule has 0 saturated carbocycles. The van der Waals surface area contributed by atoms with Gasteiger partial charge in [0.15, 0.2) is 11.9 Å². The summed E-state index contributed by atoms with van der Waals surface area (Å²) in [7, 11) is 1.85. The number of hydrogen-bond donors (Lipinski definition) is 0. The smallest absolute Gasteiger partial charge is 0.254 e. The van der Waals surface area contributed by atoms with E-state index in [0.29, 0.717) is 12.6 Å². The van der Waals surface area contributed by atoms with Crippen molar-refractivity contribution in [3.63, 3.8) is 0 Å². The summed E-state index contributed by atoms with van der Waals surface area (Å²) in [6, 6.07) is 13.3. The van der Waals surface area contributed by atoms with Crippen LogP contribution in [0.1, 0.15) is 40.4 Å². The topological polar surface area (TPSA) is 50.5 Å². The third kappa shape index (κ3) is 3.99. The Morgan fingerprint density at radius 2 is 1.88 bits per heavy atom. The quantitative estimate of drug-likeness (QED) is 0.635. The van der Waals surface area contributed by atoms with Crippen molar-refractivity contribution in [3.05, 3.63) is 70.7 Å². The zero-order chi connectivity index (χ0) is 17.8.